The average Bonchev–Trinajstić information content (AvgIpc) is 2.27. The van der Waals surface area contributed by atoms with Gasteiger partial charge in [0.25, 0.3) is 0 Å². The minimum atomic E-state index is -3.18. The Morgan fingerprint density at radius 2 is 1.82 bits per heavy atom. The molecule has 0 fully saturated rings. The molecule has 0 radical (unpaired) electrons. The van der Waals surface area contributed by atoms with Crippen LogP contribution in [0.4, 0.5) is 0 Å². The monoisotopic (exact) mass is 275 g/mol. The first kappa shape index (κ1) is 14.5. The summed E-state index contributed by atoms with van der Waals surface area (Å²) in [6, 6.07) is 7.07. The molecule has 96 valence electrons. The molecule has 3 nitrogen and oxygen atoms in total. The van der Waals surface area contributed by atoms with E-state index in [1.54, 1.807) is 12.1 Å². The number of benzene rings is 1. The molecule has 1 unspecified atom stereocenters. The lowest BCUT2D eigenvalue weighted by atomic mass is 10.1. The highest BCUT2D eigenvalue weighted by Gasteiger charge is 2.16. The zero-order valence-electron chi connectivity index (χ0n) is 10.1. The maximum absolute atomic E-state index is 11.7. The Morgan fingerprint density at radius 1 is 1.24 bits per heavy atom. The molecule has 0 heterocycles. The van der Waals surface area contributed by atoms with E-state index in [0.29, 0.717) is 17.9 Å². The number of nitrogens with one attached hydrogen (secondary N) is 1. The molecule has 1 atom stereocenters. The Balaban J connectivity index is 2.82. The van der Waals surface area contributed by atoms with Gasteiger partial charge in [0.15, 0.2) is 0 Å². The van der Waals surface area contributed by atoms with Crippen LogP contribution in [0.15, 0.2) is 24.3 Å². The fourth-order valence-electron chi connectivity index (χ4n) is 1.63. The molecular weight excluding hydrogens is 258 g/mol. The first-order chi connectivity index (χ1) is 7.98. The van der Waals surface area contributed by atoms with Crippen LogP contribution < -0.4 is 4.72 Å². The molecule has 0 spiro atoms. The van der Waals surface area contributed by atoms with E-state index in [9.17, 15) is 8.42 Å². The summed E-state index contributed by atoms with van der Waals surface area (Å²) in [6.45, 7) is 3.80. The van der Waals surface area contributed by atoms with Crippen molar-refractivity contribution in [3.8, 4) is 0 Å². The SMILES string of the molecule is CCCS(=O)(=O)NC(CC)c1ccc(Cl)cc1. The third-order valence-corrected chi connectivity index (χ3v) is 4.32. The van der Waals surface area contributed by atoms with E-state index in [2.05, 4.69) is 4.72 Å². The Bertz CT molecular complexity index is 442. The molecule has 1 N–H and O–H groups in total. The fourth-order valence-corrected chi connectivity index (χ4v) is 3.14. The van der Waals surface area contributed by atoms with Gasteiger partial charge in [0, 0.05) is 11.1 Å². The van der Waals surface area contributed by atoms with Gasteiger partial charge in [-0.1, -0.05) is 37.6 Å². The van der Waals surface area contributed by atoms with Crippen LogP contribution in [-0.2, 0) is 10.0 Å². The van der Waals surface area contributed by atoms with E-state index in [-0.39, 0.29) is 11.8 Å². The lowest BCUT2D eigenvalue weighted by Gasteiger charge is -2.17. The van der Waals surface area contributed by atoms with Crippen LogP contribution in [0.25, 0.3) is 0 Å². The largest absolute Gasteiger partial charge is 0.212 e. The lowest BCUT2D eigenvalue weighted by molar-refractivity contribution is 0.549. The highest BCUT2D eigenvalue weighted by Crippen LogP contribution is 2.20. The summed E-state index contributed by atoms with van der Waals surface area (Å²) < 4.78 is 26.1. The molecule has 0 aromatic heterocycles. The first-order valence-corrected chi connectivity index (χ1v) is 7.77. The van der Waals surface area contributed by atoms with Crippen molar-refractivity contribution in [3.63, 3.8) is 0 Å². The minimum absolute atomic E-state index is 0.164. The maximum Gasteiger partial charge on any atom is 0.212 e. The van der Waals surface area contributed by atoms with Crippen molar-refractivity contribution in [2.45, 2.75) is 32.7 Å². The summed E-state index contributed by atoms with van der Waals surface area (Å²) in [6.07, 6.45) is 1.33. The zero-order valence-corrected chi connectivity index (χ0v) is 11.7. The van der Waals surface area contributed by atoms with Crippen molar-refractivity contribution in [1.82, 2.24) is 4.72 Å². The van der Waals surface area contributed by atoms with Gasteiger partial charge in [-0.05, 0) is 30.5 Å². The van der Waals surface area contributed by atoms with E-state index in [4.69, 9.17) is 11.6 Å². The van der Waals surface area contributed by atoms with Crippen molar-refractivity contribution in [1.29, 1.82) is 0 Å². The second kappa shape index (κ2) is 6.38. The molecule has 5 heteroatoms. The molecule has 17 heavy (non-hydrogen) atoms. The minimum Gasteiger partial charge on any atom is -0.212 e. The number of halogens is 1. The Hall–Kier alpha value is -0.580. The van der Waals surface area contributed by atoms with E-state index in [1.807, 2.05) is 26.0 Å². The van der Waals surface area contributed by atoms with Crippen LogP contribution in [0.2, 0.25) is 5.02 Å². The summed E-state index contributed by atoms with van der Waals surface area (Å²) in [5.74, 6) is 0.164. The van der Waals surface area contributed by atoms with E-state index in [1.165, 1.54) is 0 Å². The molecule has 1 rings (SSSR count). The second-order valence-electron chi connectivity index (χ2n) is 3.95. The maximum atomic E-state index is 11.7. The normalized spacial score (nSPS) is 13.6. The topological polar surface area (TPSA) is 46.2 Å². The molecule has 1 aromatic carbocycles. The third kappa shape index (κ3) is 4.66. The van der Waals surface area contributed by atoms with Gasteiger partial charge in [0.2, 0.25) is 10.0 Å². The molecule has 0 aliphatic heterocycles. The van der Waals surface area contributed by atoms with Gasteiger partial charge in [-0.3, -0.25) is 0 Å². The standard InChI is InChI=1S/C12H18ClNO2S/c1-3-9-17(15,16)14-12(4-2)10-5-7-11(13)8-6-10/h5-8,12,14H,3-4,9H2,1-2H3. The lowest BCUT2D eigenvalue weighted by Crippen LogP contribution is -2.30. The fraction of sp³-hybridized carbons (Fsp3) is 0.500. The molecular formula is C12H18ClNO2S. The van der Waals surface area contributed by atoms with E-state index in [0.717, 1.165) is 5.56 Å². The smallest absolute Gasteiger partial charge is 0.212 e. The summed E-state index contributed by atoms with van der Waals surface area (Å²) in [5, 5.41) is 0.653. The summed E-state index contributed by atoms with van der Waals surface area (Å²) in [4.78, 5) is 0. The van der Waals surface area contributed by atoms with Crippen molar-refractivity contribution in [2.75, 3.05) is 5.75 Å². The summed E-state index contributed by atoms with van der Waals surface area (Å²) in [7, 11) is -3.18. The molecule has 0 saturated heterocycles. The third-order valence-electron chi connectivity index (χ3n) is 2.48. The number of sulfonamides is 1. The molecule has 0 aliphatic rings. The number of hydrogen-bond acceptors (Lipinski definition) is 2. The van der Waals surface area contributed by atoms with Gasteiger partial charge in [0.05, 0.1) is 5.75 Å². The van der Waals surface area contributed by atoms with Gasteiger partial charge in [-0.2, -0.15) is 0 Å². The summed E-state index contributed by atoms with van der Waals surface area (Å²) >= 11 is 5.80. The van der Waals surface area contributed by atoms with Crippen LogP contribution in [0.1, 0.15) is 38.3 Å². The van der Waals surface area contributed by atoms with Gasteiger partial charge in [-0.15, -0.1) is 0 Å². The molecule has 0 saturated carbocycles. The van der Waals surface area contributed by atoms with Gasteiger partial charge in [0.1, 0.15) is 0 Å². The molecule has 0 amide bonds. The molecule has 0 bridgehead atoms. The number of hydrogen-bond donors (Lipinski definition) is 1. The van der Waals surface area contributed by atoms with Gasteiger partial charge < -0.3 is 0 Å². The quantitative estimate of drug-likeness (QED) is 0.867. The van der Waals surface area contributed by atoms with Crippen LogP contribution in [-0.4, -0.2) is 14.2 Å². The molecule has 1 aromatic rings. The van der Waals surface area contributed by atoms with Crippen molar-refractivity contribution < 1.29 is 8.42 Å². The van der Waals surface area contributed by atoms with Crippen LogP contribution in [0.3, 0.4) is 0 Å². The molecule has 0 aliphatic carbocycles. The van der Waals surface area contributed by atoms with Crippen molar-refractivity contribution in [2.24, 2.45) is 0 Å². The average molecular weight is 276 g/mol. The van der Waals surface area contributed by atoms with Crippen molar-refractivity contribution in [3.05, 3.63) is 34.9 Å². The summed E-state index contributed by atoms with van der Waals surface area (Å²) in [5.41, 5.74) is 0.941. The van der Waals surface area contributed by atoms with Crippen LogP contribution in [0.5, 0.6) is 0 Å². The van der Waals surface area contributed by atoms with Gasteiger partial charge in [-0.25, -0.2) is 13.1 Å². The zero-order chi connectivity index (χ0) is 12.9. The second-order valence-corrected chi connectivity index (χ2v) is 6.26. The Morgan fingerprint density at radius 3 is 2.29 bits per heavy atom. The van der Waals surface area contributed by atoms with E-state index >= 15 is 0 Å². The first-order valence-electron chi connectivity index (χ1n) is 5.74. The predicted octanol–water partition coefficient (Wildman–Crippen LogP) is 3.12. The highest BCUT2D eigenvalue weighted by molar-refractivity contribution is 7.89. The Labute approximate surface area is 108 Å². The van der Waals surface area contributed by atoms with Crippen LogP contribution >= 0.6 is 11.6 Å². The Kier molecular flexibility index (Phi) is 5.43. The predicted molar refractivity (Wildman–Crippen MR) is 71.7 cm³/mol. The van der Waals surface area contributed by atoms with E-state index < -0.39 is 10.0 Å². The highest BCUT2D eigenvalue weighted by atomic mass is 35.5. The van der Waals surface area contributed by atoms with Crippen molar-refractivity contribution >= 4 is 21.6 Å². The number of rotatable bonds is 6. The van der Waals surface area contributed by atoms with Crippen LogP contribution in [0, 0.1) is 0 Å². The van der Waals surface area contributed by atoms with Gasteiger partial charge >= 0.3 is 0 Å².